The smallest absolute Gasteiger partial charge is 0.142 e. The molecule has 100 valence electrons. The van der Waals surface area contributed by atoms with E-state index in [0.29, 0.717) is 19.5 Å². The number of aliphatic hydroxyl groups excluding tert-OH is 1. The van der Waals surface area contributed by atoms with E-state index >= 15 is 0 Å². The molecule has 1 aliphatic heterocycles. The molecule has 2 N–H and O–H groups in total. The molecule has 0 radical (unpaired) electrons. The summed E-state index contributed by atoms with van der Waals surface area (Å²) in [5.74, 6) is 0.779. The molecule has 18 heavy (non-hydrogen) atoms. The molecule has 0 unspecified atom stereocenters. The number of nitrogens with zero attached hydrogens (tertiary/aromatic N) is 3. The fraction of sp³-hybridized carbons (Fsp3) is 0.692. The van der Waals surface area contributed by atoms with Crippen molar-refractivity contribution in [2.75, 3.05) is 13.1 Å². The highest BCUT2D eigenvalue weighted by Gasteiger charge is 2.36. The van der Waals surface area contributed by atoms with E-state index in [1.165, 1.54) is 0 Å². The van der Waals surface area contributed by atoms with Gasteiger partial charge in [-0.15, -0.1) is 0 Å². The second kappa shape index (κ2) is 4.91. The van der Waals surface area contributed by atoms with Gasteiger partial charge in [0.1, 0.15) is 5.82 Å². The number of aliphatic hydroxyl groups is 2. The predicted octanol–water partition coefficient (Wildman–Crippen LogP) is 0.411. The van der Waals surface area contributed by atoms with Crippen LogP contribution < -0.4 is 0 Å². The SMILES string of the molecule is Cc1cc(C)nc(CN2CC[C@@](C)(O)[C@H](O)C2)n1. The van der Waals surface area contributed by atoms with Gasteiger partial charge in [0.2, 0.25) is 0 Å². The lowest BCUT2D eigenvalue weighted by atomic mass is 9.91. The first-order chi connectivity index (χ1) is 8.37. The summed E-state index contributed by atoms with van der Waals surface area (Å²) < 4.78 is 0. The normalized spacial score (nSPS) is 29.5. The molecular formula is C13H21N3O2. The van der Waals surface area contributed by atoms with Gasteiger partial charge in [0, 0.05) is 24.5 Å². The Kier molecular flexibility index (Phi) is 3.66. The molecule has 1 aromatic rings. The van der Waals surface area contributed by atoms with E-state index in [2.05, 4.69) is 14.9 Å². The Balaban J connectivity index is 2.02. The zero-order valence-corrected chi connectivity index (χ0v) is 11.2. The number of hydrogen-bond acceptors (Lipinski definition) is 5. The Morgan fingerprint density at radius 3 is 2.56 bits per heavy atom. The third-order valence-corrected chi connectivity index (χ3v) is 3.48. The lowest BCUT2D eigenvalue weighted by Crippen LogP contribution is -2.53. The highest BCUT2D eigenvalue weighted by atomic mass is 16.3. The summed E-state index contributed by atoms with van der Waals surface area (Å²) >= 11 is 0. The molecule has 5 heteroatoms. The van der Waals surface area contributed by atoms with Crippen molar-refractivity contribution in [3.63, 3.8) is 0 Å². The standard InChI is InChI=1S/C13H21N3O2/c1-9-6-10(2)15-12(14-9)8-16-5-4-13(3,18)11(17)7-16/h6,11,17-18H,4-5,7-8H2,1-3H3/t11-,13-/m1/s1. The second-order valence-electron chi connectivity index (χ2n) is 5.43. The van der Waals surface area contributed by atoms with Crippen molar-refractivity contribution in [2.45, 2.75) is 45.4 Å². The highest BCUT2D eigenvalue weighted by molar-refractivity contribution is 5.08. The zero-order chi connectivity index (χ0) is 13.3. The predicted molar refractivity (Wildman–Crippen MR) is 68.0 cm³/mol. The summed E-state index contributed by atoms with van der Waals surface area (Å²) in [4.78, 5) is 10.9. The fourth-order valence-corrected chi connectivity index (χ4v) is 2.30. The van der Waals surface area contributed by atoms with E-state index in [-0.39, 0.29) is 0 Å². The molecule has 2 heterocycles. The van der Waals surface area contributed by atoms with Crippen LogP contribution in [0.5, 0.6) is 0 Å². The van der Waals surface area contributed by atoms with Crippen molar-refractivity contribution in [2.24, 2.45) is 0 Å². The number of rotatable bonds is 2. The number of hydrogen-bond donors (Lipinski definition) is 2. The van der Waals surface area contributed by atoms with E-state index in [9.17, 15) is 10.2 Å². The summed E-state index contributed by atoms with van der Waals surface area (Å²) in [7, 11) is 0. The minimum atomic E-state index is -0.972. The molecule has 0 aliphatic carbocycles. The molecule has 1 aromatic heterocycles. The van der Waals surface area contributed by atoms with Gasteiger partial charge in [0.25, 0.3) is 0 Å². The Morgan fingerprint density at radius 1 is 1.39 bits per heavy atom. The fourth-order valence-electron chi connectivity index (χ4n) is 2.30. The molecule has 2 rings (SSSR count). The molecule has 0 amide bonds. The summed E-state index contributed by atoms with van der Waals surface area (Å²) in [6.07, 6.45) is -0.143. The van der Waals surface area contributed by atoms with Crippen LogP contribution in [0.2, 0.25) is 0 Å². The van der Waals surface area contributed by atoms with Crippen LogP contribution in [-0.4, -0.2) is 49.9 Å². The van der Waals surface area contributed by atoms with Gasteiger partial charge >= 0.3 is 0 Å². The van der Waals surface area contributed by atoms with Gasteiger partial charge in [-0.05, 0) is 33.3 Å². The van der Waals surface area contributed by atoms with Crippen molar-refractivity contribution in [1.82, 2.24) is 14.9 Å². The van der Waals surface area contributed by atoms with Crippen LogP contribution in [0.25, 0.3) is 0 Å². The molecule has 0 aromatic carbocycles. The lowest BCUT2D eigenvalue weighted by Gasteiger charge is -2.39. The molecule has 0 saturated carbocycles. The minimum absolute atomic E-state index is 0.462. The average Bonchev–Trinajstić information content (AvgIpc) is 2.22. The van der Waals surface area contributed by atoms with Gasteiger partial charge in [0.15, 0.2) is 0 Å². The second-order valence-corrected chi connectivity index (χ2v) is 5.43. The number of aromatic nitrogens is 2. The average molecular weight is 251 g/mol. The lowest BCUT2D eigenvalue weighted by molar-refractivity contribution is -0.108. The maximum Gasteiger partial charge on any atom is 0.142 e. The zero-order valence-electron chi connectivity index (χ0n) is 11.2. The van der Waals surface area contributed by atoms with Crippen molar-refractivity contribution < 1.29 is 10.2 Å². The van der Waals surface area contributed by atoms with E-state index in [1.807, 2.05) is 19.9 Å². The number of likely N-dealkylation sites (tertiary alicyclic amines) is 1. The van der Waals surface area contributed by atoms with E-state index in [0.717, 1.165) is 23.8 Å². The molecular weight excluding hydrogens is 230 g/mol. The first-order valence-electron chi connectivity index (χ1n) is 6.31. The van der Waals surface area contributed by atoms with Crippen LogP contribution in [-0.2, 0) is 6.54 Å². The van der Waals surface area contributed by atoms with Gasteiger partial charge in [-0.3, -0.25) is 4.90 Å². The summed E-state index contributed by atoms with van der Waals surface area (Å²) in [6, 6.07) is 1.94. The first kappa shape index (κ1) is 13.4. The molecule has 1 aliphatic rings. The van der Waals surface area contributed by atoms with Crippen LogP contribution in [0.15, 0.2) is 6.07 Å². The van der Waals surface area contributed by atoms with Crippen molar-refractivity contribution in [3.8, 4) is 0 Å². The van der Waals surface area contributed by atoms with Crippen LogP contribution in [0.3, 0.4) is 0 Å². The monoisotopic (exact) mass is 251 g/mol. The Bertz CT molecular complexity index is 414. The van der Waals surface area contributed by atoms with Gasteiger partial charge < -0.3 is 10.2 Å². The first-order valence-corrected chi connectivity index (χ1v) is 6.31. The maximum atomic E-state index is 9.91. The van der Waals surface area contributed by atoms with Crippen LogP contribution in [0, 0.1) is 13.8 Å². The number of β-amino-alcohol motifs (C(OH)–C–C–N with tert-alkyl or cyclic N) is 1. The molecule has 0 bridgehead atoms. The van der Waals surface area contributed by atoms with E-state index < -0.39 is 11.7 Å². The third kappa shape index (κ3) is 3.04. The largest absolute Gasteiger partial charge is 0.389 e. The molecule has 5 nitrogen and oxygen atoms in total. The van der Waals surface area contributed by atoms with Crippen molar-refractivity contribution >= 4 is 0 Å². The van der Waals surface area contributed by atoms with Crippen molar-refractivity contribution in [1.29, 1.82) is 0 Å². The summed E-state index contributed by atoms with van der Waals surface area (Å²) in [5, 5.41) is 19.8. The van der Waals surface area contributed by atoms with Crippen LogP contribution in [0.1, 0.15) is 30.6 Å². The highest BCUT2D eigenvalue weighted by Crippen LogP contribution is 2.22. The summed E-state index contributed by atoms with van der Waals surface area (Å²) in [6.45, 7) is 7.42. The van der Waals surface area contributed by atoms with Gasteiger partial charge in [-0.2, -0.15) is 0 Å². The van der Waals surface area contributed by atoms with Crippen LogP contribution in [0.4, 0.5) is 0 Å². The van der Waals surface area contributed by atoms with Gasteiger partial charge in [0.05, 0.1) is 18.2 Å². The Morgan fingerprint density at radius 2 is 2.00 bits per heavy atom. The van der Waals surface area contributed by atoms with Crippen molar-refractivity contribution in [3.05, 3.63) is 23.3 Å². The number of aryl methyl sites for hydroxylation is 2. The molecule has 1 fully saturated rings. The maximum absolute atomic E-state index is 9.91. The van der Waals surface area contributed by atoms with Gasteiger partial charge in [-0.1, -0.05) is 0 Å². The van der Waals surface area contributed by atoms with E-state index in [4.69, 9.17) is 0 Å². The van der Waals surface area contributed by atoms with Crippen LogP contribution >= 0.6 is 0 Å². The molecule has 2 atom stereocenters. The molecule has 1 saturated heterocycles. The third-order valence-electron chi connectivity index (χ3n) is 3.48. The minimum Gasteiger partial charge on any atom is -0.389 e. The van der Waals surface area contributed by atoms with Gasteiger partial charge in [-0.25, -0.2) is 9.97 Å². The molecule has 0 spiro atoms. The quantitative estimate of drug-likeness (QED) is 0.797. The Hall–Kier alpha value is -1.04. The Labute approximate surface area is 107 Å². The summed E-state index contributed by atoms with van der Waals surface area (Å²) in [5.41, 5.74) is 0.948. The topological polar surface area (TPSA) is 69.5 Å². The number of piperidine rings is 1. The van der Waals surface area contributed by atoms with E-state index in [1.54, 1.807) is 6.92 Å².